The first-order valence-corrected chi connectivity index (χ1v) is 6.95. The lowest BCUT2D eigenvalue weighted by atomic mass is 9.86. The van der Waals surface area contributed by atoms with Gasteiger partial charge in [-0.1, -0.05) is 13.0 Å². The molecule has 1 aromatic rings. The second kappa shape index (κ2) is 4.81. The summed E-state index contributed by atoms with van der Waals surface area (Å²) in [6, 6.07) is 5.76. The maximum Gasteiger partial charge on any atom is 0.306 e. The zero-order chi connectivity index (χ0) is 14.3. The van der Waals surface area contributed by atoms with Gasteiger partial charge in [0.1, 0.15) is 0 Å². The van der Waals surface area contributed by atoms with E-state index in [2.05, 4.69) is 5.32 Å². The van der Waals surface area contributed by atoms with Crippen molar-refractivity contribution in [3.05, 3.63) is 29.3 Å². The molecule has 5 nitrogen and oxygen atoms in total. The van der Waals surface area contributed by atoms with E-state index in [0.717, 1.165) is 18.7 Å². The number of nitrogens with one attached hydrogen (secondary N) is 1. The molecule has 5 heteroatoms. The Morgan fingerprint density at radius 3 is 2.85 bits per heavy atom. The second-order valence-electron chi connectivity index (χ2n) is 5.65. The summed E-state index contributed by atoms with van der Waals surface area (Å²) < 4.78 is 0. The second-order valence-corrected chi connectivity index (χ2v) is 5.65. The van der Waals surface area contributed by atoms with Crippen LogP contribution in [0.3, 0.4) is 0 Å². The molecule has 2 aliphatic rings. The average Bonchev–Trinajstić information content (AvgIpc) is 2.83. The van der Waals surface area contributed by atoms with Crippen molar-refractivity contribution < 1.29 is 14.7 Å². The van der Waals surface area contributed by atoms with Gasteiger partial charge in [-0.05, 0) is 24.1 Å². The van der Waals surface area contributed by atoms with Crippen molar-refractivity contribution in [2.24, 2.45) is 11.8 Å². The summed E-state index contributed by atoms with van der Waals surface area (Å²) >= 11 is 0. The molecule has 1 fully saturated rings. The van der Waals surface area contributed by atoms with E-state index in [-0.39, 0.29) is 17.7 Å². The van der Waals surface area contributed by atoms with Crippen molar-refractivity contribution in [1.82, 2.24) is 4.90 Å². The lowest BCUT2D eigenvalue weighted by molar-refractivity contribution is -0.144. The molecule has 3 rings (SSSR count). The zero-order valence-corrected chi connectivity index (χ0v) is 11.4. The van der Waals surface area contributed by atoms with E-state index in [1.165, 1.54) is 5.56 Å². The van der Waals surface area contributed by atoms with Crippen LogP contribution in [0.25, 0.3) is 0 Å². The van der Waals surface area contributed by atoms with Gasteiger partial charge in [0.15, 0.2) is 0 Å². The van der Waals surface area contributed by atoms with Crippen LogP contribution in [0.5, 0.6) is 0 Å². The first-order valence-electron chi connectivity index (χ1n) is 6.95. The minimum atomic E-state index is -0.788. The Bertz CT molecular complexity index is 564. The highest BCUT2D eigenvalue weighted by molar-refractivity contribution is 5.96. The number of likely N-dealkylation sites (tertiary alicyclic amines) is 1. The molecule has 1 saturated heterocycles. The third-order valence-corrected chi connectivity index (χ3v) is 4.36. The Morgan fingerprint density at radius 2 is 2.15 bits per heavy atom. The number of hydrogen-bond acceptors (Lipinski definition) is 3. The maximum atomic E-state index is 12.3. The molecule has 1 amide bonds. The number of aliphatic carboxylic acids is 1. The van der Waals surface area contributed by atoms with E-state index in [1.807, 2.05) is 18.2 Å². The SMILES string of the molecule is CC(C(=O)O)C1CN(C(=O)c2ccc3c(c2)NCC3)C1. The van der Waals surface area contributed by atoms with E-state index < -0.39 is 5.97 Å². The Balaban J connectivity index is 1.65. The summed E-state index contributed by atoms with van der Waals surface area (Å²) in [5, 5.41) is 12.2. The number of amides is 1. The molecule has 0 saturated carbocycles. The summed E-state index contributed by atoms with van der Waals surface area (Å²) in [5.74, 6) is -1.11. The van der Waals surface area contributed by atoms with Gasteiger partial charge in [0, 0.05) is 36.8 Å². The van der Waals surface area contributed by atoms with Crippen LogP contribution >= 0.6 is 0 Å². The number of fused-ring (bicyclic) bond motifs is 1. The summed E-state index contributed by atoms with van der Waals surface area (Å²) in [7, 11) is 0. The van der Waals surface area contributed by atoms with Gasteiger partial charge in [-0.25, -0.2) is 0 Å². The van der Waals surface area contributed by atoms with E-state index in [9.17, 15) is 9.59 Å². The lowest BCUT2D eigenvalue weighted by Crippen LogP contribution is -2.53. The molecular formula is C15H18N2O3. The minimum Gasteiger partial charge on any atom is -0.481 e. The molecule has 0 bridgehead atoms. The molecular weight excluding hydrogens is 256 g/mol. The zero-order valence-electron chi connectivity index (χ0n) is 11.4. The topological polar surface area (TPSA) is 69.6 Å². The molecule has 2 N–H and O–H groups in total. The largest absolute Gasteiger partial charge is 0.481 e. The van der Waals surface area contributed by atoms with Crippen LogP contribution in [0.1, 0.15) is 22.8 Å². The highest BCUT2D eigenvalue weighted by Gasteiger charge is 2.37. The molecule has 1 unspecified atom stereocenters. The van der Waals surface area contributed by atoms with Crippen LogP contribution < -0.4 is 5.32 Å². The normalized spacial score (nSPS) is 18.9. The van der Waals surface area contributed by atoms with Crippen LogP contribution in [0, 0.1) is 11.8 Å². The Morgan fingerprint density at radius 1 is 1.40 bits per heavy atom. The molecule has 106 valence electrons. The number of benzene rings is 1. The maximum absolute atomic E-state index is 12.3. The van der Waals surface area contributed by atoms with Gasteiger partial charge >= 0.3 is 5.97 Å². The van der Waals surface area contributed by atoms with Gasteiger partial charge < -0.3 is 15.3 Å². The first-order chi connectivity index (χ1) is 9.56. The van der Waals surface area contributed by atoms with Gasteiger partial charge in [-0.2, -0.15) is 0 Å². The number of carbonyl (C=O) groups is 2. The highest BCUT2D eigenvalue weighted by atomic mass is 16.4. The molecule has 2 aliphatic heterocycles. The van der Waals surface area contributed by atoms with Crippen molar-refractivity contribution in [3.63, 3.8) is 0 Å². The van der Waals surface area contributed by atoms with Crippen LogP contribution in [0.15, 0.2) is 18.2 Å². The van der Waals surface area contributed by atoms with Crippen LogP contribution in [-0.4, -0.2) is 41.5 Å². The van der Waals surface area contributed by atoms with Crippen molar-refractivity contribution in [2.45, 2.75) is 13.3 Å². The number of carbonyl (C=O) groups excluding carboxylic acids is 1. The van der Waals surface area contributed by atoms with E-state index >= 15 is 0 Å². The predicted molar refractivity (Wildman–Crippen MR) is 74.8 cm³/mol. The number of carboxylic acid groups (broad SMARTS) is 1. The van der Waals surface area contributed by atoms with E-state index in [0.29, 0.717) is 18.7 Å². The number of anilines is 1. The van der Waals surface area contributed by atoms with E-state index in [4.69, 9.17) is 5.11 Å². The van der Waals surface area contributed by atoms with Crippen molar-refractivity contribution in [1.29, 1.82) is 0 Å². The molecule has 0 aromatic heterocycles. The standard InChI is InChI=1S/C15H18N2O3/c1-9(15(19)20)12-7-17(8-12)14(18)11-3-2-10-4-5-16-13(10)6-11/h2-3,6,9,12,16H,4-5,7-8H2,1H3,(H,19,20). The number of hydrogen-bond donors (Lipinski definition) is 2. The Kier molecular flexibility index (Phi) is 3.12. The third-order valence-electron chi connectivity index (χ3n) is 4.36. The minimum absolute atomic E-state index is 0.00432. The lowest BCUT2D eigenvalue weighted by Gasteiger charge is -2.41. The molecule has 1 atom stereocenters. The molecule has 0 spiro atoms. The molecule has 0 aliphatic carbocycles. The summed E-state index contributed by atoms with van der Waals surface area (Å²) in [4.78, 5) is 24.9. The predicted octanol–water partition coefficient (Wildman–Crippen LogP) is 1.45. The van der Waals surface area contributed by atoms with Gasteiger partial charge in [0.05, 0.1) is 5.92 Å². The van der Waals surface area contributed by atoms with Gasteiger partial charge in [0.25, 0.3) is 5.91 Å². The summed E-state index contributed by atoms with van der Waals surface area (Å²) in [6.07, 6.45) is 1.01. The smallest absolute Gasteiger partial charge is 0.306 e. The van der Waals surface area contributed by atoms with E-state index in [1.54, 1.807) is 11.8 Å². The highest BCUT2D eigenvalue weighted by Crippen LogP contribution is 2.28. The molecule has 0 radical (unpaired) electrons. The summed E-state index contributed by atoms with van der Waals surface area (Å²) in [5.41, 5.74) is 2.98. The average molecular weight is 274 g/mol. The quantitative estimate of drug-likeness (QED) is 0.875. The van der Waals surface area contributed by atoms with Gasteiger partial charge in [-0.3, -0.25) is 9.59 Å². The van der Waals surface area contributed by atoms with Crippen molar-refractivity contribution in [2.75, 3.05) is 25.0 Å². The molecule has 2 heterocycles. The monoisotopic (exact) mass is 274 g/mol. The van der Waals surface area contributed by atoms with Crippen molar-refractivity contribution >= 4 is 17.6 Å². The van der Waals surface area contributed by atoms with Gasteiger partial charge in [-0.15, -0.1) is 0 Å². The van der Waals surface area contributed by atoms with Gasteiger partial charge in [0.2, 0.25) is 0 Å². The first kappa shape index (κ1) is 13.0. The number of rotatable bonds is 3. The van der Waals surface area contributed by atoms with Crippen LogP contribution in [0.2, 0.25) is 0 Å². The summed E-state index contributed by atoms with van der Waals surface area (Å²) in [6.45, 7) is 3.71. The molecule has 1 aromatic carbocycles. The number of carboxylic acids is 1. The Hall–Kier alpha value is -2.04. The fourth-order valence-electron chi connectivity index (χ4n) is 2.80. The fourth-order valence-corrected chi connectivity index (χ4v) is 2.80. The van der Waals surface area contributed by atoms with Crippen molar-refractivity contribution in [3.8, 4) is 0 Å². The van der Waals surface area contributed by atoms with Crippen LogP contribution in [0.4, 0.5) is 5.69 Å². The number of nitrogens with zero attached hydrogens (tertiary/aromatic N) is 1. The Labute approximate surface area is 117 Å². The van der Waals surface area contributed by atoms with Crippen LogP contribution in [-0.2, 0) is 11.2 Å². The fraction of sp³-hybridized carbons (Fsp3) is 0.467. The third kappa shape index (κ3) is 2.13. The molecule has 20 heavy (non-hydrogen) atoms.